The zero-order valence-electron chi connectivity index (χ0n) is 29.0. The van der Waals surface area contributed by atoms with Crippen LogP contribution in [0.25, 0.3) is 0 Å². The molecule has 0 aliphatic rings. The fraction of sp³-hybridized carbons (Fsp3) is 0.125. The molecule has 0 aliphatic heterocycles. The van der Waals surface area contributed by atoms with E-state index in [9.17, 15) is 9.59 Å². The van der Waals surface area contributed by atoms with Crippen LogP contribution in [0.5, 0.6) is 0 Å². The van der Waals surface area contributed by atoms with Crippen LogP contribution < -0.4 is 55.3 Å². The maximum Gasteiger partial charge on any atom is 0.255 e. The highest BCUT2D eigenvalue weighted by Crippen LogP contribution is 2.23. The van der Waals surface area contributed by atoms with Crippen molar-refractivity contribution in [3.63, 3.8) is 0 Å². The van der Waals surface area contributed by atoms with Crippen molar-refractivity contribution in [3.05, 3.63) is 92.5 Å². The topological polar surface area (TPSA) is 355 Å². The van der Waals surface area contributed by atoms with E-state index >= 15 is 0 Å². The lowest BCUT2D eigenvalue weighted by Gasteiger charge is -2.13. The summed E-state index contributed by atoms with van der Waals surface area (Å²) >= 11 is 3.40. The normalized spacial score (nSPS) is 11.9. The SMILES string of the molecule is C/C(=N/NC(=N)N)c1cc(NC(=O)c2cc(Br)cc(C(=O)Nc3cc(/C(C)=N\NC(=N)N)cc(/C(C)=N/NC(=N)N)c3)c2)cc(/C(C)=N\NC(=N)N)c1. The minimum Gasteiger partial charge on any atom is -0.369 e. The zero-order chi connectivity index (χ0) is 39.4. The second-order valence-electron chi connectivity index (χ2n) is 11.1. The van der Waals surface area contributed by atoms with E-state index in [0.29, 0.717) is 60.9 Å². The van der Waals surface area contributed by atoms with E-state index < -0.39 is 11.8 Å². The Morgan fingerprint density at radius 3 is 0.962 bits per heavy atom. The third-order valence-corrected chi connectivity index (χ3v) is 7.31. The number of anilines is 2. The minimum absolute atomic E-state index is 0.148. The van der Waals surface area contributed by atoms with E-state index in [1.54, 1.807) is 76.2 Å². The molecule has 0 radical (unpaired) electrons. The number of hydrazone groups is 4. The molecular weight excluding hydrogens is 748 g/mol. The Morgan fingerprint density at radius 2 is 0.717 bits per heavy atom. The molecule has 0 aromatic heterocycles. The number of rotatable bonds is 12. The standard InChI is InChI=1S/C32H39BrN18O2/c1-14(44-48-29(34)35)18-5-19(15(2)45-49-30(36)37)11-25(10-18)42-27(52)22-7-23(9-24(33)8-22)28(53)43-26-12-20(16(3)46-50-31(38)39)6-21(13-26)17(4)47-51-32(40)41/h5-13H,1-4H3,(H,42,52)(H,43,53)(H4,34,35,48)(H4,36,37,49)(H4,38,39,50)(H4,40,41,51)/b44-14-,45-15-,46-16-,47-17+. The van der Waals surface area contributed by atoms with Gasteiger partial charge in [-0.3, -0.25) is 31.2 Å². The van der Waals surface area contributed by atoms with Crippen LogP contribution in [0.3, 0.4) is 0 Å². The van der Waals surface area contributed by atoms with Crippen LogP contribution in [-0.2, 0) is 0 Å². The number of nitrogens with one attached hydrogen (secondary N) is 10. The van der Waals surface area contributed by atoms with Gasteiger partial charge in [-0.2, -0.15) is 20.4 Å². The molecular formula is C32H39BrN18O2. The predicted octanol–water partition coefficient (Wildman–Crippen LogP) is 1.78. The largest absolute Gasteiger partial charge is 0.369 e. The Hall–Kier alpha value is -7.16. The lowest BCUT2D eigenvalue weighted by atomic mass is 10.0. The summed E-state index contributed by atoms with van der Waals surface area (Å²) in [6, 6.07) is 14.6. The molecule has 2 amide bonds. The summed E-state index contributed by atoms with van der Waals surface area (Å²) in [5.74, 6) is -2.55. The van der Waals surface area contributed by atoms with Gasteiger partial charge in [0.25, 0.3) is 11.8 Å². The van der Waals surface area contributed by atoms with Gasteiger partial charge in [0.15, 0.2) is 0 Å². The highest BCUT2D eigenvalue weighted by molar-refractivity contribution is 9.10. The molecule has 0 fully saturated rings. The first kappa shape index (κ1) is 40.3. The fourth-order valence-corrected chi connectivity index (χ4v) is 4.82. The molecule has 0 aliphatic carbocycles. The van der Waals surface area contributed by atoms with Gasteiger partial charge in [0.2, 0.25) is 23.8 Å². The Labute approximate surface area is 312 Å². The second kappa shape index (κ2) is 18.2. The number of carbonyl (C=O) groups excluding carboxylic acids is 2. The molecule has 18 N–H and O–H groups in total. The minimum atomic E-state index is -0.546. The molecule has 20 nitrogen and oxygen atoms in total. The van der Waals surface area contributed by atoms with Crippen LogP contribution in [0, 0.1) is 21.6 Å². The predicted molar refractivity (Wildman–Crippen MR) is 212 cm³/mol. The van der Waals surface area contributed by atoms with Crippen molar-refractivity contribution in [3.8, 4) is 0 Å². The quantitative estimate of drug-likeness (QED) is 0.0717. The molecule has 0 saturated heterocycles. The summed E-state index contributed by atoms with van der Waals surface area (Å²) in [5, 5.41) is 51.6. The number of hydrogen-bond acceptors (Lipinski definition) is 10. The lowest BCUT2D eigenvalue weighted by Crippen LogP contribution is -2.27. The molecule has 0 bridgehead atoms. The summed E-state index contributed by atoms with van der Waals surface area (Å²) in [4.78, 5) is 27.3. The molecule has 0 heterocycles. The van der Waals surface area contributed by atoms with Crippen LogP contribution in [0.2, 0.25) is 0 Å². The van der Waals surface area contributed by atoms with Gasteiger partial charge in [0, 0.05) is 49.2 Å². The van der Waals surface area contributed by atoms with Gasteiger partial charge in [0.1, 0.15) is 0 Å². The third kappa shape index (κ3) is 12.6. The second-order valence-corrected chi connectivity index (χ2v) is 12.0. The highest BCUT2D eigenvalue weighted by atomic mass is 79.9. The first-order chi connectivity index (χ1) is 24.9. The monoisotopic (exact) mass is 786 g/mol. The van der Waals surface area contributed by atoms with E-state index in [-0.39, 0.29) is 35.0 Å². The van der Waals surface area contributed by atoms with Crippen LogP contribution in [0.4, 0.5) is 11.4 Å². The number of benzene rings is 3. The number of carbonyl (C=O) groups is 2. The van der Waals surface area contributed by atoms with Crippen molar-refractivity contribution >= 4 is 85.8 Å². The molecule has 21 heteroatoms. The highest BCUT2D eigenvalue weighted by Gasteiger charge is 2.16. The Balaban J connectivity index is 1.99. The van der Waals surface area contributed by atoms with Crippen molar-refractivity contribution < 1.29 is 9.59 Å². The summed E-state index contributed by atoms with van der Waals surface area (Å²) in [5.41, 5.74) is 36.0. The zero-order valence-corrected chi connectivity index (χ0v) is 30.6. The molecule has 0 spiro atoms. The van der Waals surface area contributed by atoms with Crippen molar-refractivity contribution in [2.75, 3.05) is 10.6 Å². The molecule has 0 saturated carbocycles. The summed E-state index contributed by atoms with van der Waals surface area (Å²) in [6.45, 7) is 6.69. The first-order valence-corrected chi connectivity index (χ1v) is 16.0. The smallest absolute Gasteiger partial charge is 0.255 e. The van der Waals surface area contributed by atoms with Gasteiger partial charge in [-0.15, -0.1) is 0 Å². The van der Waals surface area contributed by atoms with Gasteiger partial charge in [0.05, 0.1) is 22.8 Å². The lowest BCUT2D eigenvalue weighted by molar-refractivity contribution is 0.102. The molecule has 3 aromatic carbocycles. The van der Waals surface area contributed by atoms with Crippen LogP contribution >= 0.6 is 15.9 Å². The fourth-order valence-electron chi connectivity index (χ4n) is 4.33. The number of nitrogens with two attached hydrogens (primary N) is 4. The van der Waals surface area contributed by atoms with Crippen molar-refractivity contribution in [1.29, 1.82) is 21.6 Å². The summed E-state index contributed by atoms with van der Waals surface area (Å²) in [7, 11) is 0. The molecule has 3 aromatic rings. The summed E-state index contributed by atoms with van der Waals surface area (Å²) in [6.07, 6.45) is 0. The van der Waals surface area contributed by atoms with Gasteiger partial charge >= 0.3 is 0 Å². The maximum absolute atomic E-state index is 13.6. The molecule has 53 heavy (non-hydrogen) atoms. The maximum atomic E-state index is 13.6. The number of amides is 2. The number of halogens is 1. The number of nitrogens with zero attached hydrogens (tertiary/aromatic N) is 4. The van der Waals surface area contributed by atoms with Crippen molar-refractivity contribution in [2.24, 2.45) is 43.3 Å². The molecule has 276 valence electrons. The Kier molecular flexibility index (Phi) is 13.8. The number of guanidine groups is 4. The first-order valence-electron chi connectivity index (χ1n) is 15.2. The number of hydrogen-bond donors (Lipinski definition) is 14. The van der Waals surface area contributed by atoms with Crippen LogP contribution in [0.15, 0.2) is 79.5 Å². The van der Waals surface area contributed by atoms with Gasteiger partial charge in [-0.1, -0.05) is 15.9 Å². The van der Waals surface area contributed by atoms with E-state index in [2.05, 4.69) is 68.7 Å². The van der Waals surface area contributed by atoms with E-state index in [1.165, 1.54) is 6.07 Å². The summed E-state index contributed by atoms with van der Waals surface area (Å²) < 4.78 is 0.451. The van der Waals surface area contributed by atoms with E-state index in [0.717, 1.165) is 0 Å². The average molecular weight is 788 g/mol. The Morgan fingerprint density at radius 1 is 0.472 bits per heavy atom. The van der Waals surface area contributed by atoms with Crippen LogP contribution in [0.1, 0.15) is 70.7 Å². The van der Waals surface area contributed by atoms with Crippen molar-refractivity contribution in [1.82, 2.24) is 21.7 Å². The van der Waals surface area contributed by atoms with E-state index in [1.807, 2.05) is 0 Å². The Bertz CT molecular complexity index is 1860. The van der Waals surface area contributed by atoms with Crippen molar-refractivity contribution in [2.45, 2.75) is 27.7 Å². The molecule has 0 unspecified atom stereocenters. The third-order valence-electron chi connectivity index (χ3n) is 6.85. The molecule has 0 atom stereocenters. The van der Waals surface area contributed by atoms with Gasteiger partial charge in [-0.05, 0) is 82.3 Å². The average Bonchev–Trinajstić information content (AvgIpc) is 3.09. The molecule has 3 rings (SSSR count). The van der Waals surface area contributed by atoms with Gasteiger partial charge in [-0.25, -0.2) is 21.7 Å². The van der Waals surface area contributed by atoms with E-state index in [4.69, 9.17) is 44.6 Å². The van der Waals surface area contributed by atoms with Crippen LogP contribution in [-0.4, -0.2) is 58.5 Å². The van der Waals surface area contributed by atoms with Gasteiger partial charge < -0.3 is 33.6 Å².